The summed E-state index contributed by atoms with van der Waals surface area (Å²) in [6.45, 7) is 2.12. The van der Waals surface area contributed by atoms with E-state index in [9.17, 15) is 4.79 Å². The molecule has 1 aliphatic heterocycles. The van der Waals surface area contributed by atoms with Crippen LogP contribution in [0, 0.1) is 0 Å². The van der Waals surface area contributed by atoms with Crippen LogP contribution in [0.4, 0.5) is 0 Å². The lowest BCUT2D eigenvalue weighted by molar-refractivity contribution is -0.164. The van der Waals surface area contributed by atoms with Gasteiger partial charge in [0.05, 0.1) is 13.0 Å². The molecule has 1 aliphatic rings. The van der Waals surface area contributed by atoms with Gasteiger partial charge in [-0.2, -0.15) is 0 Å². The normalized spacial score (nSPS) is 28.9. The Labute approximate surface area is 83.3 Å². The molecule has 0 radical (unpaired) electrons. The van der Waals surface area contributed by atoms with Gasteiger partial charge >= 0.3 is 5.97 Å². The molecule has 0 bridgehead atoms. The highest BCUT2D eigenvalue weighted by molar-refractivity contribution is 5.72. The molecule has 0 saturated carbocycles. The lowest BCUT2D eigenvalue weighted by Crippen LogP contribution is -2.32. The van der Waals surface area contributed by atoms with E-state index in [2.05, 4.69) is 0 Å². The number of carbonyl (C=O) groups is 1. The highest BCUT2D eigenvalue weighted by atomic mass is 16.7. The van der Waals surface area contributed by atoms with Crippen molar-refractivity contribution in [2.24, 2.45) is 0 Å². The maximum Gasteiger partial charge on any atom is 0.309 e. The second-order valence-corrected chi connectivity index (χ2v) is 3.17. The van der Waals surface area contributed by atoms with Gasteiger partial charge in [0.25, 0.3) is 0 Å². The number of ether oxygens (including phenoxy) is 4. The van der Waals surface area contributed by atoms with Gasteiger partial charge in [-0.25, -0.2) is 0 Å². The monoisotopic (exact) mass is 204 g/mol. The van der Waals surface area contributed by atoms with Gasteiger partial charge in [-0.05, 0) is 6.92 Å². The van der Waals surface area contributed by atoms with E-state index >= 15 is 0 Å². The van der Waals surface area contributed by atoms with E-state index in [1.807, 2.05) is 0 Å². The molecule has 0 aromatic heterocycles. The second kappa shape index (κ2) is 5.29. The molecule has 0 aromatic carbocycles. The van der Waals surface area contributed by atoms with Crippen LogP contribution in [0.2, 0.25) is 0 Å². The van der Waals surface area contributed by atoms with Gasteiger partial charge in [0.1, 0.15) is 6.10 Å². The number of hydrogen-bond acceptors (Lipinski definition) is 5. The van der Waals surface area contributed by atoms with E-state index in [0.29, 0.717) is 6.61 Å². The molecule has 82 valence electrons. The summed E-state index contributed by atoms with van der Waals surface area (Å²) in [4.78, 5) is 11.0. The zero-order valence-corrected chi connectivity index (χ0v) is 8.69. The maximum absolute atomic E-state index is 11.0. The highest BCUT2D eigenvalue weighted by Gasteiger charge is 2.36. The van der Waals surface area contributed by atoms with Gasteiger partial charge in [-0.15, -0.1) is 0 Å². The SMILES string of the molecule is COCC1OC(=O)CC1OC(C)OC. The molecule has 14 heavy (non-hydrogen) atoms. The van der Waals surface area contributed by atoms with Gasteiger partial charge in [0.15, 0.2) is 12.4 Å². The zero-order valence-electron chi connectivity index (χ0n) is 8.69. The molecular weight excluding hydrogens is 188 g/mol. The first-order chi connectivity index (χ1) is 6.67. The predicted molar refractivity (Wildman–Crippen MR) is 47.7 cm³/mol. The Morgan fingerprint density at radius 1 is 1.57 bits per heavy atom. The molecule has 1 fully saturated rings. The van der Waals surface area contributed by atoms with Crippen LogP contribution in [0.5, 0.6) is 0 Å². The fourth-order valence-corrected chi connectivity index (χ4v) is 1.33. The quantitative estimate of drug-likeness (QED) is 0.477. The Kier molecular flexibility index (Phi) is 4.31. The number of carbonyl (C=O) groups excluding carboxylic acids is 1. The molecule has 3 unspecified atom stereocenters. The molecule has 1 heterocycles. The van der Waals surface area contributed by atoms with Gasteiger partial charge in [0.2, 0.25) is 0 Å². The second-order valence-electron chi connectivity index (χ2n) is 3.17. The number of methoxy groups -OCH3 is 2. The molecule has 3 atom stereocenters. The number of hydrogen-bond donors (Lipinski definition) is 0. The largest absolute Gasteiger partial charge is 0.457 e. The topological polar surface area (TPSA) is 54.0 Å². The minimum atomic E-state index is -0.339. The Morgan fingerprint density at radius 2 is 2.29 bits per heavy atom. The third-order valence-corrected chi connectivity index (χ3v) is 2.09. The average Bonchev–Trinajstić information content (AvgIpc) is 2.47. The Bertz CT molecular complexity index is 194. The minimum Gasteiger partial charge on any atom is -0.457 e. The van der Waals surface area contributed by atoms with Crippen LogP contribution in [0.3, 0.4) is 0 Å². The molecule has 0 N–H and O–H groups in total. The molecule has 0 aliphatic carbocycles. The van der Waals surface area contributed by atoms with Crippen LogP contribution < -0.4 is 0 Å². The van der Waals surface area contributed by atoms with Crippen molar-refractivity contribution >= 4 is 5.97 Å². The molecular formula is C9H16O5. The number of esters is 1. The molecule has 0 amide bonds. The van der Waals surface area contributed by atoms with Crippen molar-refractivity contribution in [3.05, 3.63) is 0 Å². The molecule has 0 spiro atoms. The van der Waals surface area contributed by atoms with Crippen LogP contribution >= 0.6 is 0 Å². The van der Waals surface area contributed by atoms with Gasteiger partial charge in [0, 0.05) is 14.2 Å². The van der Waals surface area contributed by atoms with Gasteiger partial charge < -0.3 is 18.9 Å². The van der Waals surface area contributed by atoms with E-state index < -0.39 is 0 Å². The summed E-state index contributed by atoms with van der Waals surface area (Å²) in [5, 5.41) is 0. The third-order valence-electron chi connectivity index (χ3n) is 2.09. The van der Waals surface area contributed by atoms with Crippen molar-refractivity contribution in [2.75, 3.05) is 20.8 Å². The minimum absolute atomic E-state index is 0.250. The summed E-state index contributed by atoms with van der Waals surface area (Å²) < 4.78 is 20.3. The van der Waals surface area contributed by atoms with Crippen LogP contribution in [-0.2, 0) is 23.7 Å². The van der Waals surface area contributed by atoms with E-state index in [4.69, 9.17) is 18.9 Å². The van der Waals surface area contributed by atoms with Crippen molar-refractivity contribution in [3.8, 4) is 0 Å². The fourth-order valence-electron chi connectivity index (χ4n) is 1.33. The summed E-state index contributed by atoms with van der Waals surface area (Å²) in [6, 6.07) is 0. The first-order valence-electron chi connectivity index (χ1n) is 4.54. The smallest absolute Gasteiger partial charge is 0.309 e. The van der Waals surface area contributed by atoms with Crippen LogP contribution in [-0.4, -0.2) is 45.3 Å². The molecule has 5 nitrogen and oxygen atoms in total. The number of cyclic esters (lactones) is 1. The summed E-state index contributed by atoms with van der Waals surface area (Å²) in [7, 11) is 3.11. The van der Waals surface area contributed by atoms with E-state index in [-0.39, 0.29) is 30.9 Å². The van der Waals surface area contributed by atoms with Crippen LogP contribution in [0.15, 0.2) is 0 Å². The molecule has 1 rings (SSSR count). The Balaban J connectivity index is 2.44. The van der Waals surface area contributed by atoms with Crippen LogP contribution in [0.1, 0.15) is 13.3 Å². The average molecular weight is 204 g/mol. The summed E-state index contributed by atoms with van der Waals surface area (Å²) in [6.07, 6.45) is -0.654. The van der Waals surface area contributed by atoms with Gasteiger partial charge in [-0.3, -0.25) is 4.79 Å². The molecule has 1 saturated heterocycles. The predicted octanol–water partition coefficient (Wildman–Crippen LogP) is 0.326. The maximum atomic E-state index is 11.0. The van der Waals surface area contributed by atoms with E-state index in [0.717, 1.165) is 0 Å². The van der Waals surface area contributed by atoms with Crippen molar-refractivity contribution < 1.29 is 23.7 Å². The summed E-state index contributed by atoms with van der Waals surface area (Å²) >= 11 is 0. The Hall–Kier alpha value is -0.650. The van der Waals surface area contributed by atoms with Crippen LogP contribution in [0.25, 0.3) is 0 Å². The molecule has 0 aromatic rings. The summed E-state index contributed by atoms with van der Waals surface area (Å²) in [5.41, 5.74) is 0. The van der Waals surface area contributed by atoms with E-state index in [1.165, 1.54) is 0 Å². The summed E-state index contributed by atoms with van der Waals surface area (Å²) in [5.74, 6) is -0.250. The van der Waals surface area contributed by atoms with Gasteiger partial charge in [-0.1, -0.05) is 0 Å². The Morgan fingerprint density at radius 3 is 2.86 bits per heavy atom. The van der Waals surface area contributed by atoms with E-state index in [1.54, 1.807) is 21.1 Å². The standard InChI is InChI=1S/C9H16O5/c1-6(12-3)13-7-4-9(10)14-8(7)5-11-2/h6-8H,4-5H2,1-3H3. The third kappa shape index (κ3) is 2.94. The van der Waals surface area contributed by atoms with Crippen molar-refractivity contribution in [3.63, 3.8) is 0 Å². The number of rotatable bonds is 5. The van der Waals surface area contributed by atoms with Crippen molar-refractivity contribution in [1.82, 2.24) is 0 Å². The zero-order chi connectivity index (χ0) is 10.6. The lowest BCUT2D eigenvalue weighted by atomic mass is 10.2. The molecule has 5 heteroatoms. The van der Waals surface area contributed by atoms with Crippen molar-refractivity contribution in [2.45, 2.75) is 31.8 Å². The highest BCUT2D eigenvalue weighted by Crippen LogP contribution is 2.20. The van der Waals surface area contributed by atoms with Crippen molar-refractivity contribution in [1.29, 1.82) is 0 Å². The first-order valence-corrected chi connectivity index (χ1v) is 4.54. The first kappa shape index (κ1) is 11.4. The fraction of sp³-hybridized carbons (Fsp3) is 0.889. The lowest BCUT2D eigenvalue weighted by Gasteiger charge is -2.20.